The Kier molecular flexibility index (Phi) is 7.22. The number of amides is 1. The summed E-state index contributed by atoms with van der Waals surface area (Å²) in [7, 11) is 0. The second kappa shape index (κ2) is 10.3. The summed E-state index contributed by atoms with van der Waals surface area (Å²) < 4.78 is 5.42. The molecule has 2 heterocycles. The van der Waals surface area contributed by atoms with Crippen LogP contribution in [0.1, 0.15) is 48.6 Å². The molecular weight excluding hydrogens is 446 g/mol. The lowest BCUT2D eigenvalue weighted by molar-refractivity contribution is -0.139. The molecule has 2 aliphatic heterocycles. The van der Waals surface area contributed by atoms with Crippen LogP contribution in [0, 0.1) is 13.8 Å². The summed E-state index contributed by atoms with van der Waals surface area (Å²) in [5, 5.41) is 5.72. The van der Waals surface area contributed by atoms with E-state index in [0.29, 0.717) is 17.8 Å². The number of fused-ring (bicyclic) bond motifs is 1. The third-order valence-corrected chi connectivity index (χ3v) is 6.78. The molecule has 0 unspecified atom stereocenters. The molecule has 0 saturated heterocycles. The van der Waals surface area contributed by atoms with Gasteiger partial charge in [0.25, 0.3) is 0 Å². The third-order valence-electron chi connectivity index (χ3n) is 5.89. The topological polar surface area (TPSA) is 71.0 Å². The molecule has 0 spiro atoms. The summed E-state index contributed by atoms with van der Waals surface area (Å²) in [6.07, 6.45) is 0.190. The van der Waals surface area contributed by atoms with Gasteiger partial charge in [0.05, 0.1) is 30.3 Å². The van der Waals surface area contributed by atoms with E-state index in [0.717, 1.165) is 33.1 Å². The number of hydrogen-bond donors (Lipinski definition) is 1. The minimum absolute atomic E-state index is 0.0831. The lowest BCUT2D eigenvalue weighted by Gasteiger charge is -2.37. The van der Waals surface area contributed by atoms with E-state index in [4.69, 9.17) is 9.73 Å². The summed E-state index contributed by atoms with van der Waals surface area (Å²) >= 11 is 1.48. The van der Waals surface area contributed by atoms with Gasteiger partial charge in [-0.05, 0) is 49.8 Å². The summed E-state index contributed by atoms with van der Waals surface area (Å²) in [5.41, 5.74) is 6.23. The molecule has 34 heavy (non-hydrogen) atoms. The van der Waals surface area contributed by atoms with Crippen molar-refractivity contribution in [2.45, 2.75) is 46.7 Å². The van der Waals surface area contributed by atoms with Crippen molar-refractivity contribution in [3.8, 4) is 0 Å². The SMILES string of the molecule is CCOC(=O)C1=C(C)N=C2SC=C(CC(=O)NCc3ccccc3)N2[C@@H]1c1ccc(C)cc1C. The minimum atomic E-state index is -0.407. The number of carbonyl (C=O) groups excluding carboxylic acids is 2. The number of carbonyl (C=O) groups is 2. The Balaban J connectivity index is 1.64. The molecule has 0 aliphatic carbocycles. The number of amidine groups is 1. The van der Waals surface area contributed by atoms with Gasteiger partial charge in [0.2, 0.25) is 5.91 Å². The number of benzene rings is 2. The smallest absolute Gasteiger partial charge is 0.338 e. The maximum absolute atomic E-state index is 13.1. The zero-order valence-electron chi connectivity index (χ0n) is 19.9. The molecule has 1 atom stereocenters. The fraction of sp³-hybridized carbons (Fsp3) is 0.296. The van der Waals surface area contributed by atoms with Gasteiger partial charge in [0, 0.05) is 12.2 Å². The van der Waals surface area contributed by atoms with Crippen LogP contribution in [0.4, 0.5) is 0 Å². The number of nitrogens with zero attached hydrogens (tertiary/aromatic N) is 2. The van der Waals surface area contributed by atoms with Gasteiger partial charge in [0.15, 0.2) is 5.17 Å². The molecule has 2 aromatic rings. The Hall–Kier alpha value is -3.32. The fourth-order valence-electron chi connectivity index (χ4n) is 4.29. The van der Waals surface area contributed by atoms with E-state index in [-0.39, 0.29) is 24.9 Å². The number of rotatable bonds is 7. The largest absolute Gasteiger partial charge is 0.463 e. The predicted molar refractivity (Wildman–Crippen MR) is 136 cm³/mol. The van der Waals surface area contributed by atoms with Crippen LogP contribution in [0.15, 0.2) is 75.9 Å². The first-order valence-corrected chi connectivity index (χ1v) is 12.3. The Morgan fingerprint density at radius 2 is 1.88 bits per heavy atom. The van der Waals surface area contributed by atoms with Crippen molar-refractivity contribution in [3.63, 3.8) is 0 Å². The van der Waals surface area contributed by atoms with Gasteiger partial charge >= 0.3 is 5.97 Å². The van der Waals surface area contributed by atoms with Crippen LogP contribution in [0.3, 0.4) is 0 Å². The Labute approximate surface area is 204 Å². The zero-order valence-corrected chi connectivity index (χ0v) is 20.7. The van der Waals surface area contributed by atoms with Gasteiger partial charge < -0.3 is 15.0 Å². The average molecular weight is 476 g/mol. The first-order valence-electron chi connectivity index (χ1n) is 11.4. The second-order valence-electron chi connectivity index (χ2n) is 8.41. The first kappa shape index (κ1) is 23.8. The Morgan fingerprint density at radius 1 is 1.12 bits per heavy atom. The molecule has 4 rings (SSSR count). The quantitative estimate of drug-likeness (QED) is 0.561. The number of aliphatic imine (C=N–C) groups is 1. The van der Waals surface area contributed by atoms with Crippen LogP contribution in [-0.4, -0.2) is 28.6 Å². The second-order valence-corrected chi connectivity index (χ2v) is 9.25. The molecule has 2 aliphatic rings. The maximum Gasteiger partial charge on any atom is 0.338 e. The van der Waals surface area contributed by atoms with E-state index in [1.807, 2.05) is 67.5 Å². The lowest BCUT2D eigenvalue weighted by atomic mass is 9.90. The minimum Gasteiger partial charge on any atom is -0.463 e. The van der Waals surface area contributed by atoms with Gasteiger partial charge in [-0.2, -0.15) is 0 Å². The van der Waals surface area contributed by atoms with Gasteiger partial charge in [0.1, 0.15) is 0 Å². The molecular formula is C27H29N3O3S. The van der Waals surface area contributed by atoms with Crippen molar-refractivity contribution < 1.29 is 14.3 Å². The number of allylic oxidation sites excluding steroid dienone is 1. The Bertz CT molecular complexity index is 1200. The molecule has 1 amide bonds. The highest BCUT2D eigenvalue weighted by atomic mass is 32.2. The number of thioether (sulfide) groups is 1. The van der Waals surface area contributed by atoms with Gasteiger partial charge in [-0.1, -0.05) is 65.9 Å². The van der Waals surface area contributed by atoms with Crippen LogP contribution in [0.2, 0.25) is 0 Å². The number of aryl methyl sites for hydroxylation is 2. The van der Waals surface area contributed by atoms with E-state index in [2.05, 4.69) is 17.4 Å². The third kappa shape index (κ3) is 4.94. The van der Waals surface area contributed by atoms with Crippen LogP contribution in [0.5, 0.6) is 0 Å². The van der Waals surface area contributed by atoms with E-state index in [1.165, 1.54) is 11.8 Å². The van der Waals surface area contributed by atoms with Crippen molar-refractivity contribution in [1.82, 2.24) is 10.2 Å². The number of ether oxygens (including phenoxy) is 1. The van der Waals surface area contributed by atoms with Crippen LogP contribution >= 0.6 is 11.8 Å². The molecule has 0 bridgehead atoms. The fourth-order valence-corrected chi connectivity index (χ4v) is 5.25. The number of hydrogen-bond acceptors (Lipinski definition) is 6. The normalized spacial score (nSPS) is 17.2. The number of nitrogens with one attached hydrogen (secondary N) is 1. The lowest BCUT2D eigenvalue weighted by Crippen LogP contribution is -2.38. The van der Waals surface area contributed by atoms with Crippen LogP contribution < -0.4 is 5.32 Å². The molecule has 7 heteroatoms. The predicted octanol–water partition coefficient (Wildman–Crippen LogP) is 5.15. The monoisotopic (exact) mass is 475 g/mol. The van der Waals surface area contributed by atoms with E-state index < -0.39 is 6.04 Å². The molecule has 6 nitrogen and oxygen atoms in total. The van der Waals surface area contributed by atoms with Gasteiger partial charge in [-0.15, -0.1) is 0 Å². The van der Waals surface area contributed by atoms with E-state index in [1.54, 1.807) is 6.92 Å². The molecule has 0 fully saturated rings. The van der Waals surface area contributed by atoms with E-state index >= 15 is 0 Å². The standard InChI is InChI=1S/C27H29N3O3S/c1-5-33-26(32)24-19(4)29-27-30(25(24)22-12-11-17(2)13-18(22)3)21(16-34-27)14-23(31)28-15-20-9-7-6-8-10-20/h6-13,16,25H,5,14-15H2,1-4H3,(H,28,31)/t25-/m1/s1. The highest BCUT2D eigenvalue weighted by molar-refractivity contribution is 8.16. The van der Waals surface area contributed by atoms with Crippen molar-refractivity contribution in [2.75, 3.05) is 6.61 Å². The molecule has 1 N–H and O–H groups in total. The van der Waals surface area contributed by atoms with Crippen molar-refractivity contribution in [1.29, 1.82) is 0 Å². The maximum atomic E-state index is 13.1. The molecule has 0 saturated carbocycles. The van der Waals surface area contributed by atoms with Crippen LogP contribution in [-0.2, 0) is 20.9 Å². The average Bonchev–Trinajstić information content (AvgIpc) is 3.19. The van der Waals surface area contributed by atoms with E-state index in [9.17, 15) is 9.59 Å². The first-order chi connectivity index (χ1) is 16.4. The van der Waals surface area contributed by atoms with Crippen LogP contribution in [0.25, 0.3) is 0 Å². The molecule has 2 aromatic carbocycles. The van der Waals surface area contributed by atoms with Crippen molar-refractivity contribution in [2.24, 2.45) is 4.99 Å². The summed E-state index contributed by atoms with van der Waals surface area (Å²) in [4.78, 5) is 32.6. The summed E-state index contributed by atoms with van der Waals surface area (Å²) in [5.74, 6) is -0.460. The highest BCUT2D eigenvalue weighted by Gasteiger charge is 2.41. The van der Waals surface area contributed by atoms with Gasteiger partial charge in [-0.3, -0.25) is 4.79 Å². The van der Waals surface area contributed by atoms with Crippen molar-refractivity contribution >= 4 is 28.8 Å². The van der Waals surface area contributed by atoms with Crippen molar-refractivity contribution in [3.05, 3.63) is 93.2 Å². The summed E-state index contributed by atoms with van der Waals surface area (Å²) in [6.45, 7) is 8.49. The molecule has 0 aromatic heterocycles. The number of esters is 1. The molecule has 176 valence electrons. The summed E-state index contributed by atoms with van der Waals surface area (Å²) in [6, 6.07) is 15.6. The van der Waals surface area contributed by atoms with Gasteiger partial charge in [-0.25, -0.2) is 9.79 Å². The zero-order chi connectivity index (χ0) is 24.2. The highest BCUT2D eigenvalue weighted by Crippen LogP contribution is 2.45. The molecule has 0 radical (unpaired) electrons. The Morgan fingerprint density at radius 3 is 2.59 bits per heavy atom.